The Morgan fingerprint density at radius 2 is 0.947 bits per heavy atom. The highest BCUT2D eigenvalue weighted by Crippen LogP contribution is 2.46. The quantitative estimate of drug-likeness (QED) is 0.531. The summed E-state index contributed by atoms with van der Waals surface area (Å²) in [5.74, 6) is 6.44. The molecule has 0 heteroatoms. The fourth-order valence-electron chi connectivity index (χ4n) is 5.47. The molecule has 0 aromatic heterocycles. The zero-order chi connectivity index (χ0) is 13.2. The van der Waals surface area contributed by atoms with Crippen molar-refractivity contribution in [2.45, 2.75) is 84.5 Å². The largest absolute Gasteiger partial charge is 0.0625 e. The summed E-state index contributed by atoms with van der Waals surface area (Å²) in [5.41, 5.74) is 0. The van der Waals surface area contributed by atoms with E-state index in [1.54, 1.807) is 51.4 Å². The maximum absolute atomic E-state index is 2.55. The number of rotatable bonds is 2. The molecule has 0 saturated heterocycles. The van der Waals surface area contributed by atoms with Gasteiger partial charge in [-0.15, -0.1) is 0 Å². The van der Waals surface area contributed by atoms with Gasteiger partial charge in [-0.05, 0) is 67.6 Å². The minimum Gasteiger partial charge on any atom is -0.0625 e. The van der Waals surface area contributed by atoms with Crippen molar-refractivity contribution in [1.29, 1.82) is 0 Å². The van der Waals surface area contributed by atoms with Crippen LogP contribution in [0.4, 0.5) is 0 Å². The molecule has 0 aliphatic heterocycles. The molecule has 0 amide bonds. The van der Waals surface area contributed by atoms with Gasteiger partial charge in [-0.2, -0.15) is 0 Å². The van der Waals surface area contributed by atoms with Gasteiger partial charge in [0.25, 0.3) is 0 Å². The molecule has 4 unspecified atom stereocenters. The van der Waals surface area contributed by atoms with Crippen LogP contribution in [-0.2, 0) is 0 Å². The van der Waals surface area contributed by atoms with E-state index in [2.05, 4.69) is 13.8 Å². The van der Waals surface area contributed by atoms with Crippen LogP contribution in [0.15, 0.2) is 0 Å². The molecule has 0 N–H and O–H groups in total. The highest BCUT2D eigenvalue weighted by atomic mass is 14.4. The Morgan fingerprint density at radius 1 is 0.474 bits per heavy atom. The first-order chi connectivity index (χ1) is 9.22. The third-order valence-electron chi connectivity index (χ3n) is 6.78. The lowest BCUT2D eigenvalue weighted by molar-refractivity contribution is 0.169. The van der Waals surface area contributed by atoms with Crippen LogP contribution in [0.5, 0.6) is 0 Å². The first-order valence-corrected chi connectivity index (χ1v) is 9.22. The van der Waals surface area contributed by atoms with E-state index in [9.17, 15) is 0 Å². The average molecular weight is 262 g/mol. The van der Waals surface area contributed by atoms with Crippen molar-refractivity contribution in [2.75, 3.05) is 0 Å². The Morgan fingerprint density at radius 3 is 1.53 bits per heavy atom. The average Bonchev–Trinajstić information content (AvgIpc) is 2.49. The molecule has 3 fully saturated rings. The van der Waals surface area contributed by atoms with Crippen LogP contribution in [0.1, 0.15) is 84.5 Å². The highest BCUT2D eigenvalue weighted by Gasteiger charge is 2.34. The Kier molecular flexibility index (Phi) is 4.54. The first kappa shape index (κ1) is 14.0. The van der Waals surface area contributed by atoms with Crippen molar-refractivity contribution in [2.24, 2.45) is 35.5 Å². The van der Waals surface area contributed by atoms with Gasteiger partial charge in [-0.1, -0.05) is 52.4 Å². The minimum absolute atomic E-state index is 1.01. The molecular formula is C19H34. The van der Waals surface area contributed by atoms with Gasteiger partial charge in [0.05, 0.1) is 0 Å². The predicted molar refractivity (Wildman–Crippen MR) is 83.1 cm³/mol. The Balaban J connectivity index is 1.57. The number of hydrogen-bond acceptors (Lipinski definition) is 0. The van der Waals surface area contributed by atoms with Crippen molar-refractivity contribution in [1.82, 2.24) is 0 Å². The third kappa shape index (κ3) is 3.37. The van der Waals surface area contributed by atoms with Gasteiger partial charge in [0.15, 0.2) is 0 Å². The molecule has 3 aliphatic carbocycles. The fraction of sp³-hybridized carbons (Fsp3) is 1.00. The SMILES string of the molecule is CC1CCCC([C@@H]2CCC(C3CCC3)CC(C)C2)C1. The van der Waals surface area contributed by atoms with Gasteiger partial charge >= 0.3 is 0 Å². The molecule has 0 nitrogen and oxygen atoms in total. The summed E-state index contributed by atoms with van der Waals surface area (Å²) in [6.07, 6.45) is 17.0. The lowest BCUT2D eigenvalue weighted by Crippen LogP contribution is -2.23. The fourth-order valence-corrected chi connectivity index (χ4v) is 5.47. The molecule has 3 saturated carbocycles. The van der Waals surface area contributed by atoms with Gasteiger partial charge in [-0.3, -0.25) is 0 Å². The van der Waals surface area contributed by atoms with Gasteiger partial charge in [0.1, 0.15) is 0 Å². The second-order valence-corrected chi connectivity index (χ2v) is 8.40. The van der Waals surface area contributed by atoms with Gasteiger partial charge < -0.3 is 0 Å². The van der Waals surface area contributed by atoms with E-state index in [1.165, 1.54) is 19.3 Å². The summed E-state index contributed by atoms with van der Waals surface area (Å²) >= 11 is 0. The summed E-state index contributed by atoms with van der Waals surface area (Å²) in [6, 6.07) is 0. The van der Waals surface area contributed by atoms with Crippen LogP contribution in [0, 0.1) is 35.5 Å². The molecule has 3 aliphatic rings. The molecule has 0 bridgehead atoms. The monoisotopic (exact) mass is 262 g/mol. The van der Waals surface area contributed by atoms with Crippen LogP contribution in [0.3, 0.4) is 0 Å². The molecule has 5 atom stereocenters. The van der Waals surface area contributed by atoms with E-state index >= 15 is 0 Å². The summed E-state index contributed by atoms with van der Waals surface area (Å²) < 4.78 is 0. The van der Waals surface area contributed by atoms with Crippen molar-refractivity contribution in [3.8, 4) is 0 Å². The van der Waals surface area contributed by atoms with Crippen LogP contribution in [0.2, 0.25) is 0 Å². The third-order valence-corrected chi connectivity index (χ3v) is 6.78. The van der Waals surface area contributed by atoms with E-state index in [0.29, 0.717) is 0 Å². The molecule has 19 heavy (non-hydrogen) atoms. The zero-order valence-corrected chi connectivity index (χ0v) is 13.2. The van der Waals surface area contributed by atoms with Crippen LogP contribution >= 0.6 is 0 Å². The summed E-state index contributed by atoms with van der Waals surface area (Å²) in [6.45, 7) is 5.04. The number of hydrogen-bond donors (Lipinski definition) is 0. The molecule has 0 aromatic carbocycles. The van der Waals surface area contributed by atoms with Crippen molar-refractivity contribution in [3.05, 3.63) is 0 Å². The second kappa shape index (κ2) is 6.19. The minimum atomic E-state index is 1.01. The molecular weight excluding hydrogens is 228 g/mol. The smallest absolute Gasteiger partial charge is 0.0383 e. The van der Waals surface area contributed by atoms with E-state index in [1.807, 2.05) is 0 Å². The summed E-state index contributed by atoms with van der Waals surface area (Å²) in [4.78, 5) is 0. The molecule has 0 heterocycles. The van der Waals surface area contributed by atoms with Crippen molar-refractivity contribution in [3.63, 3.8) is 0 Å². The van der Waals surface area contributed by atoms with Crippen LogP contribution < -0.4 is 0 Å². The Bertz CT molecular complexity index is 278. The molecule has 0 spiro atoms. The topological polar surface area (TPSA) is 0 Å². The molecule has 110 valence electrons. The van der Waals surface area contributed by atoms with E-state index in [0.717, 1.165) is 35.5 Å². The van der Waals surface area contributed by atoms with Gasteiger partial charge in [-0.25, -0.2) is 0 Å². The Labute approximate surface area is 120 Å². The highest BCUT2D eigenvalue weighted by molar-refractivity contribution is 4.86. The normalized spacial score (nSPS) is 45.5. The maximum Gasteiger partial charge on any atom is -0.0383 e. The summed E-state index contributed by atoms with van der Waals surface area (Å²) in [7, 11) is 0. The lowest BCUT2D eigenvalue weighted by Gasteiger charge is -2.34. The predicted octanol–water partition coefficient (Wildman–Crippen LogP) is 6.06. The molecule has 3 rings (SSSR count). The summed E-state index contributed by atoms with van der Waals surface area (Å²) in [5, 5.41) is 0. The van der Waals surface area contributed by atoms with Crippen molar-refractivity contribution < 1.29 is 0 Å². The Hall–Kier alpha value is 0. The molecule has 0 aromatic rings. The molecule has 0 radical (unpaired) electrons. The van der Waals surface area contributed by atoms with E-state index < -0.39 is 0 Å². The standard InChI is InChI=1S/C19H34/c1-14-5-3-8-17(11-14)19-10-9-18(12-15(2)13-19)16-6-4-7-16/h14-19H,3-13H2,1-2H3/t14?,15?,17?,18?,19-/m1/s1. The van der Waals surface area contributed by atoms with Gasteiger partial charge in [0.2, 0.25) is 0 Å². The maximum atomic E-state index is 2.55. The van der Waals surface area contributed by atoms with Gasteiger partial charge in [0, 0.05) is 0 Å². The van der Waals surface area contributed by atoms with E-state index in [4.69, 9.17) is 0 Å². The van der Waals surface area contributed by atoms with Crippen molar-refractivity contribution >= 4 is 0 Å². The van der Waals surface area contributed by atoms with Crippen LogP contribution in [-0.4, -0.2) is 0 Å². The zero-order valence-electron chi connectivity index (χ0n) is 13.2. The van der Waals surface area contributed by atoms with E-state index in [-0.39, 0.29) is 0 Å². The lowest BCUT2D eigenvalue weighted by atomic mass is 9.71. The second-order valence-electron chi connectivity index (χ2n) is 8.40. The first-order valence-electron chi connectivity index (χ1n) is 9.22. The van der Waals surface area contributed by atoms with Crippen LogP contribution in [0.25, 0.3) is 0 Å².